The van der Waals surface area contributed by atoms with Crippen molar-refractivity contribution in [3.05, 3.63) is 0 Å². The monoisotopic (exact) mass is 319 g/mol. The maximum absolute atomic E-state index is 10.6. The average molecular weight is 319 g/mol. The first kappa shape index (κ1) is 14.5. The highest BCUT2D eigenvalue weighted by molar-refractivity contribution is 5.80. The summed E-state index contributed by atoms with van der Waals surface area (Å²) < 4.78 is 10.3. The van der Waals surface area contributed by atoms with Crippen molar-refractivity contribution >= 4 is 5.96 Å². The van der Waals surface area contributed by atoms with E-state index in [0.717, 1.165) is 0 Å². The summed E-state index contributed by atoms with van der Waals surface area (Å²) >= 11 is 0. The van der Waals surface area contributed by atoms with Crippen molar-refractivity contribution in [2.24, 2.45) is 16.6 Å². The van der Waals surface area contributed by atoms with Crippen LogP contribution in [0.25, 0.3) is 0 Å². The second-order valence-corrected chi connectivity index (χ2v) is 6.22. The first-order chi connectivity index (χ1) is 10.2. The van der Waals surface area contributed by atoms with Gasteiger partial charge >= 0.3 is 5.97 Å². The number of aliphatic imine (C=N–C) groups is 1. The molecule has 1 saturated carbocycles. The number of aliphatic hydroxyl groups is 6. The van der Waals surface area contributed by atoms with Crippen molar-refractivity contribution in [1.82, 2.24) is 5.32 Å². The predicted molar refractivity (Wildman–Crippen MR) is 65.7 cm³/mol. The maximum Gasteiger partial charge on any atom is 0.311 e. The summed E-state index contributed by atoms with van der Waals surface area (Å²) in [5.74, 6) is -3.95. The number of nitrogens with one attached hydrogen (secondary N) is 1. The molecule has 5 aliphatic rings. The molecule has 4 heterocycles. The molecule has 9 atom stereocenters. The Morgan fingerprint density at radius 1 is 1.18 bits per heavy atom. The molecule has 0 aromatic carbocycles. The van der Waals surface area contributed by atoms with E-state index in [1.165, 1.54) is 0 Å². The Morgan fingerprint density at radius 3 is 2.45 bits per heavy atom. The molecule has 5 rings (SSSR count). The largest absolute Gasteiger partial charge is 0.393 e. The molecular weight excluding hydrogens is 302 g/mol. The number of rotatable bonds is 1. The topological polar surface area (TPSA) is 190 Å². The van der Waals surface area contributed by atoms with Crippen LogP contribution in [0.2, 0.25) is 0 Å². The molecule has 11 nitrogen and oxygen atoms in total. The van der Waals surface area contributed by atoms with E-state index in [-0.39, 0.29) is 5.96 Å². The Hall–Kier alpha value is -1.05. The number of aliphatic hydroxyl groups excluding tert-OH is 4. The Kier molecular flexibility index (Phi) is 2.57. The van der Waals surface area contributed by atoms with Gasteiger partial charge in [0.25, 0.3) is 0 Å². The van der Waals surface area contributed by atoms with Crippen molar-refractivity contribution in [2.45, 2.75) is 47.8 Å². The fourth-order valence-corrected chi connectivity index (χ4v) is 4.24. The van der Waals surface area contributed by atoms with Gasteiger partial charge in [0.05, 0.1) is 12.5 Å². The molecule has 1 aliphatic carbocycles. The van der Waals surface area contributed by atoms with Crippen LogP contribution in [0.4, 0.5) is 0 Å². The van der Waals surface area contributed by atoms with E-state index < -0.39 is 60.3 Å². The molecule has 0 unspecified atom stereocenters. The van der Waals surface area contributed by atoms with Crippen LogP contribution in [0.1, 0.15) is 0 Å². The molecule has 3 saturated heterocycles. The first-order valence-corrected chi connectivity index (χ1v) is 6.77. The molecule has 11 heteroatoms. The van der Waals surface area contributed by atoms with Crippen LogP contribution in [-0.4, -0.2) is 91.0 Å². The minimum atomic E-state index is -2.52. The predicted octanol–water partition coefficient (Wildman–Crippen LogP) is -5.52. The molecule has 1 spiro atoms. The van der Waals surface area contributed by atoms with Gasteiger partial charge in [0.2, 0.25) is 0 Å². The average Bonchev–Trinajstić information content (AvgIpc) is 2.45. The number of hydrogen-bond donors (Lipinski definition) is 8. The van der Waals surface area contributed by atoms with Crippen LogP contribution < -0.4 is 11.1 Å². The van der Waals surface area contributed by atoms with Gasteiger partial charge in [-0.3, -0.25) is 0 Å². The van der Waals surface area contributed by atoms with Gasteiger partial charge in [0.1, 0.15) is 29.5 Å². The molecule has 22 heavy (non-hydrogen) atoms. The lowest BCUT2D eigenvalue weighted by Gasteiger charge is -2.71. The van der Waals surface area contributed by atoms with E-state index in [4.69, 9.17) is 15.2 Å². The van der Waals surface area contributed by atoms with Gasteiger partial charge in [0.15, 0.2) is 18.3 Å². The zero-order valence-corrected chi connectivity index (χ0v) is 11.2. The third kappa shape index (κ3) is 1.28. The quantitative estimate of drug-likeness (QED) is 0.231. The summed E-state index contributed by atoms with van der Waals surface area (Å²) in [6, 6.07) is 0. The molecule has 0 amide bonds. The minimum Gasteiger partial charge on any atom is -0.393 e. The normalized spacial score (nSPS) is 62.4. The van der Waals surface area contributed by atoms with E-state index in [1.54, 1.807) is 0 Å². The molecule has 4 bridgehead atoms. The van der Waals surface area contributed by atoms with Gasteiger partial charge in [-0.25, -0.2) is 4.99 Å². The van der Waals surface area contributed by atoms with Gasteiger partial charge in [0, 0.05) is 0 Å². The summed E-state index contributed by atoms with van der Waals surface area (Å²) in [4.78, 5) is 3.70. The highest BCUT2D eigenvalue weighted by Crippen LogP contribution is 2.58. The molecule has 9 N–H and O–H groups in total. The van der Waals surface area contributed by atoms with Gasteiger partial charge < -0.3 is 51.2 Å². The number of nitrogens with zero attached hydrogens (tertiary/aromatic N) is 1. The third-order valence-corrected chi connectivity index (χ3v) is 5.22. The van der Waals surface area contributed by atoms with Crippen LogP contribution in [0, 0.1) is 5.92 Å². The Balaban J connectivity index is 1.95. The smallest absolute Gasteiger partial charge is 0.311 e. The lowest BCUT2D eigenvalue weighted by molar-refractivity contribution is -0.548. The van der Waals surface area contributed by atoms with E-state index >= 15 is 0 Å². The third-order valence-electron chi connectivity index (χ3n) is 5.22. The van der Waals surface area contributed by atoms with E-state index in [1.807, 2.05) is 0 Å². The Bertz CT molecular complexity index is 561. The summed E-state index contributed by atoms with van der Waals surface area (Å²) in [7, 11) is 0. The molecular formula is C11H17N3O8. The molecule has 0 radical (unpaired) electrons. The SMILES string of the molecule is NC1=N[C@@H](O)[C@@H]2[C@H]3O[C@]4(O)O[C@H]([C@H](O)[C@@]2(N1)[C@@H]4O)[C@]3(O)CO. The summed E-state index contributed by atoms with van der Waals surface area (Å²) in [6.07, 6.45) is -7.77. The lowest BCUT2D eigenvalue weighted by atomic mass is 9.55. The number of guanidine groups is 1. The minimum absolute atomic E-state index is 0.250. The summed E-state index contributed by atoms with van der Waals surface area (Å²) in [5, 5.41) is 64.3. The number of ether oxygens (including phenoxy) is 2. The fraction of sp³-hybridized carbons (Fsp3) is 0.909. The van der Waals surface area contributed by atoms with Gasteiger partial charge in [-0.2, -0.15) is 0 Å². The van der Waals surface area contributed by atoms with Crippen molar-refractivity contribution in [3.63, 3.8) is 0 Å². The van der Waals surface area contributed by atoms with Crippen LogP contribution in [-0.2, 0) is 9.47 Å². The molecule has 124 valence electrons. The first-order valence-electron chi connectivity index (χ1n) is 6.77. The Morgan fingerprint density at radius 2 is 1.82 bits per heavy atom. The maximum atomic E-state index is 10.6. The molecule has 0 aromatic heterocycles. The second kappa shape index (κ2) is 3.88. The van der Waals surface area contributed by atoms with Crippen molar-refractivity contribution in [1.29, 1.82) is 0 Å². The zero-order valence-electron chi connectivity index (χ0n) is 11.2. The van der Waals surface area contributed by atoms with Gasteiger partial charge in [-0.15, -0.1) is 0 Å². The summed E-state index contributed by atoms with van der Waals surface area (Å²) in [6.45, 7) is -0.857. The van der Waals surface area contributed by atoms with Crippen LogP contribution in [0.5, 0.6) is 0 Å². The van der Waals surface area contributed by atoms with E-state index in [2.05, 4.69) is 10.3 Å². The van der Waals surface area contributed by atoms with Crippen LogP contribution in [0.15, 0.2) is 4.99 Å². The highest BCUT2D eigenvalue weighted by Gasteiger charge is 2.82. The summed E-state index contributed by atoms with van der Waals surface area (Å²) in [5.41, 5.74) is 1.74. The highest BCUT2D eigenvalue weighted by atomic mass is 16.9. The zero-order chi connectivity index (χ0) is 16.1. The van der Waals surface area contributed by atoms with Gasteiger partial charge in [-0.05, 0) is 0 Å². The van der Waals surface area contributed by atoms with Gasteiger partial charge in [-0.1, -0.05) is 0 Å². The van der Waals surface area contributed by atoms with E-state index in [0.29, 0.717) is 0 Å². The molecule has 0 aromatic rings. The van der Waals surface area contributed by atoms with E-state index in [9.17, 15) is 30.6 Å². The Labute approximate surface area is 123 Å². The van der Waals surface area contributed by atoms with Crippen molar-refractivity contribution in [3.8, 4) is 0 Å². The molecule has 4 fully saturated rings. The lowest BCUT2D eigenvalue weighted by Crippen LogP contribution is -2.95. The second-order valence-electron chi connectivity index (χ2n) is 6.22. The van der Waals surface area contributed by atoms with Crippen LogP contribution >= 0.6 is 0 Å². The number of nitrogens with two attached hydrogens (primary N) is 1. The van der Waals surface area contributed by atoms with Crippen molar-refractivity contribution in [2.75, 3.05) is 6.61 Å². The molecule has 4 aliphatic heterocycles. The fourth-order valence-electron chi connectivity index (χ4n) is 4.24. The number of hydrogen-bond acceptors (Lipinski definition) is 11. The van der Waals surface area contributed by atoms with Crippen molar-refractivity contribution < 1.29 is 40.1 Å². The standard InChI is InChI=1S/C11H17N3O8/c12-8-13-6(17)2-4-9(19,1-15)5-3(16)10(2,14-8)7(18)11(20,21-4)22-5/h2-7,15-20H,1H2,(H3,12,13,14)/t2-,3-,4+,5+,6-,7-,9-,10+,11-/m0/s1. The van der Waals surface area contributed by atoms with Crippen LogP contribution in [0.3, 0.4) is 0 Å².